The van der Waals surface area contributed by atoms with Gasteiger partial charge in [0.2, 0.25) is 0 Å². The molecule has 1 heterocycles. The number of nitrogens with zero attached hydrogens (tertiary/aromatic N) is 1. The summed E-state index contributed by atoms with van der Waals surface area (Å²) in [7, 11) is -1.96. The number of pyridine rings is 1. The van der Waals surface area contributed by atoms with Gasteiger partial charge in [0, 0.05) is 25.0 Å². The summed E-state index contributed by atoms with van der Waals surface area (Å²) in [5, 5.41) is 17.4. The van der Waals surface area contributed by atoms with Gasteiger partial charge in [-0.05, 0) is 24.1 Å². The van der Waals surface area contributed by atoms with Crippen LogP contribution >= 0.6 is 8.38 Å². The summed E-state index contributed by atoms with van der Waals surface area (Å²) in [6.07, 6.45) is 1.47. The van der Waals surface area contributed by atoms with Gasteiger partial charge in [0.15, 0.2) is 14.5 Å². The fraction of sp³-hybridized carbons (Fsp3) is 0.364. The van der Waals surface area contributed by atoms with E-state index in [1.807, 2.05) is 0 Å². The number of aromatic nitrogens is 1. The van der Waals surface area contributed by atoms with Gasteiger partial charge in [-0.1, -0.05) is 0 Å². The van der Waals surface area contributed by atoms with E-state index in [-0.39, 0.29) is 19.0 Å². The molecule has 0 aliphatic heterocycles. The molecule has 2 unspecified atom stereocenters. The van der Waals surface area contributed by atoms with Crippen LogP contribution in [0, 0.1) is 0 Å². The number of carboxylic acid groups (broad SMARTS) is 2. The Balaban J connectivity index is 2.49. The van der Waals surface area contributed by atoms with E-state index < -0.39 is 26.4 Å². The molecule has 0 aliphatic rings. The van der Waals surface area contributed by atoms with Crippen LogP contribution in [0.1, 0.15) is 18.4 Å². The molecule has 2 atom stereocenters. The Hall–Kier alpha value is -1.56. The lowest BCUT2D eigenvalue weighted by molar-refractivity contribution is -0.146. The zero-order chi connectivity index (χ0) is 14.3. The first kappa shape index (κ1) is 15.5. The highest BCUT2D eigenvalue weighted by Crippen LogP contribution is 2.38. The molecule has 3 N–H and O–H groups in total. The SMILES string of the molecule is O=C(O)CCC(OP(O)Cc1ccncc1)C(=O)O. The van der Waals surface area contributed by atoms with Crippen LogP contribution in [-0.4, -0.2) is 38.1 Å². The van der Waals surface area contributed by atoms with Gasteiger partial charge in [-0.25, -0.2) is 4.79 Å². The molecule has 0 fully saturated rings. The second-order valence-electron chi connectivity index (χ2n) is 3.73. The zero-order valence-corrected chi connectivity index (χ0v) is 10.9. The van der Waals surface area contributed by atoms with Crippen LogP contribution in [0.15, 0.2) is 24.5 Å². The molecule has 8 heteroatoms. The molecule has 0 aromatic carbocycles. The van der Waals surface area contributed by atoms with E-state index in [4.69, 9.17) is 14.7 Å². The van der Waals surface area contributed by atoms with Crippen LogP contribution in [0.2, 0.25) is 0 Å². The average molecular weight is 287 g/mol. The highest BCUT2D eigenvalue weighted by Gasteiger charge is 2.23. The topological polar surface area (TPSA) is 117 Å². The predicted molar refractivity (Wildman–Crippen MR) is 66.5 cm³/mol. The van der Waals surface area contributed by atoms with Gasteiger partial charge >= 0.3 is 11.9 Å². The Morgan fingerprint density at radius 2 is 1.95 bits per heavy atom. The van der Waals surface area contributed by atoms with Crippen LogP contribution in [0.4, 0.5) is 0 Å². The monoisotopic (exact) mass is 287 g/mol. The molecular weight excluding hydrogens is 273 g/mol. The molecular formula is C11H14NO6P. The van der Waals surface area contributed by atoms with Gasteiger partial charge in [-0.3, -0.25) is 9.78 Å². The van der Waals surface area contributed by atoms with E-state index in [0.29, 0.717) is 0 Å². The standard InChI is InChI=1S/C11H14NO6P/c13-10(14)2-1-9(11(15)16)18-19(17)7-8-3-5-12-6-4-8/h3-6,9,17H,1-2,7H2,(H,13,14)(H,15,16). The quantitative estimate of drug-likeness (QED) is 0.615. The number of carboxylic acids is 2. The Morgan fingerprint density at radius 1 is 1.32 bits per heavy atom. The number of hydrogen-bond acceptors (Lipinski definition) is 5. The van der Waals surface area contributed by atoms with E-state index in [0.717, 1.165) is 5.56 Å². The summed E-state index contributed by atoms with van der Waals surface area (Å²) in [5.41, 5.74) is 0.769. The minimum absolute atomic E-state index is 0.175. The molecule has 0 radical (unpaired) electrons. The Bertz CT molecular complexity index is 426. The van der Waals surface area contributed by atoms with E-state index in [9.17, 15) is 14.5 Å². The summed E-state index contributed by atoms with van der Waals surface area (Å²) in [6, 6.07) is 3.36. The van der Waals surface area contributed by atoms with Crippen molar-refractivity contribution in [2.24, 2.45) is 0 Å². The second-order valence-corrected chi connectivity index (χ2v) is 4.96. The maximum Gasteiger partial charge on any atom is 0.333 e. The van der Waals surface area contributed by atoms with E-state index in [2.05, 4.69) is 4.98 Å². The largest absolute Gasteiger partial charge is 0.481 e. The molecule has 0 bridgehead atoms. The molecule has 0 saturated heterocycles. The summed E-state index contributed by atoms with van der Waals surface area (Å²) in [4.78, 5) is 34.8. The molecule has 19 heavy (non-hydrogen) atoms. The number of carbonyl (C=O) groups is 2. The molecule has 1 aromatic heterocycles. The third-order valence-electron chi connectivity index (χ3n) is 2.21. The van der Waals surface area contributed by atoms with Gasteiger partial charge in [-0.2, -0.15) is 0 Å². The lowest BCUT2D eigenvalue weighted by Gasteiger charge is -2.16. The minimum Gasteiger partial charge on any atom is -0.481 e. The van der Waals surface area contributed by atoms with Crippen molar-refractivity contribution < 1.29 is 29.2 Å². The smallest absolute Gasteiger partial charge is 0.333 e. The number of hydrogen-bond donors (Lipinski definition) is 3. The van der Waals surface area contributed by atoms with Crippen molar-refractivity contribution in [3.05, 3.63) is 30.1 Å². The third-order valence-corrected chi connectivity index (χ3v) is 3.35. The Morgan fingerprint density at radius 3 is 2.47 bits per heavy atom. The molecule has 104 valence electrons. The lowest BCUT2D eigenvalue weighted by Crippen LogP contribution is -2.23. The van der Waals surface area contributed by atoms with Crippen molar-refractivity contribution in [2.75, 3.05) is 0 Å². The molecule has 1 aromatic rings. The van der Waals surface area contributed by atoms with Crippen LogP contribution in [0.5, 0.6) is 0 Å². The van der Waals surface area contributed by atoms with Crippen LogP contribution in [0.3, 0.4) is 0 Å². The first-order valence-electron chi connectivity index (χ1n) is 5.45. The molecule has 0 spiro atoms. The molecule has 1 rings (SSSR count). The molecule has 7 nitrogen and oxygen atoms in total. The average Bonchev–Trinajstić information content (AvgIpc) is 2.35. The van der Waals surface area contributed by atoms with Gasteiger partial charge in [-0.15, -0.1) is 0 Å². The minimum atomic E-state index is -1.96. The zero-order valence-electron chi connectivity index (χ0n) is 9.97. The highest BCUT2D eigenvalue weighted by molar-refractivity contribution is 7.45. The normalized spacial score (nSPS) is 13.7. The summed E-state index contributed by atoms with van der Waals surface area (Å²) < 4.78 is 5.00. The van der Waals surface area contributed by atoms with Gasteiger partial charge in [0.05, 0.1) is 0 Å². The number of rotatable bonds is 8. The molecule has 0 aliphatic carbocycles. The Kier molecular flexibility index (Phi) is 6.35. The van der Waals surface area contributed by atoms with Crippen LogP contribution in [0.25, 0.3) is 0 Å². The summed E-state index contributed by atoms with van der Waals surface area (Å²) in [5.74, 6) is -2.39. The van der Waals surface area contributed by atoms with Crippen molar-refractivity contribution in [1.82, 2.24) is 4.98 Å². The van der Waals surface area contributed by atoms with Gasteiger partial charge in [0.1, 0.15) is 0 Å². The van der Waals surface area contributed by atoms with Gasteiger partial charge in [0.25, 0.3) is 0 Å². The van der Waals surface area contributed by atoms with E-state index in [1.165, 1.54) is 0 Å². The third kappa shape index (κ3) is 6.24. The van der Waals surface area contributed by atoms with E-state index in [1.54, 1.807) is 24.5 Å². The second kappa shape index (κ2) is 7.78. The number of aliphatic carboxylic acids is 2. The maximum absolute atomic E-state index is 10.9. The predicted octanol–water partition coefficient (Wildman–Crippen LogP) is 1.22. The lowest BCUT2D eigenvalue weighted by atomic mass is 10.2. The molecule has 0 amide bonds. The van der Waals surface area contributed by atoms with Crippen molar-refractivity contribution in [1.29, 1.82) is 0 Å². The highest BCUT2D eigenvalue weighted by atomic mass is 31.2. The van der Waals surface area contributed by atoms with E-state index >= 15 is 0 Å². The molecule has 0 saturated carbocycles. The summed E-state index contributed by atoms with van der Waals surface area (Å²) in [6.45, 7) is 0. The fourth-order valence-electron chi connectivity index (χ4n) is 1.30. The van der Waals surface area contributed by atoms with Crippen molar-refractivity contribution in [2.45, 2.75) is 25.1 Å². The first-order valence-corrected chi connectivity index (χ1v) is 6.85. The van der Waals surface area contributed by atoms with Crippen LogP contribution in [-0.2, 0) is 20.3 Å². The first-order chi connectivity index (χ1) is 8.99. The Labute approximate surface area is 110 Å². The van der Waals surface area contributed by atoms with Crippen LogP contribution < -0.4 is 0 Å². The maximum atomic E-state index is 10.9. The summed E-state index contributed by atoms with van der Waals surface area (Å²) >= 11 is 0. The van der Waals surface area contributed by atoms with Crippen molar-refractivity contribution in [3.63, 3.8) is 0 Å². The fourth-order valence-corrected chi connectivity index (χ4v) is 2.39. The van der Waals surface area contributed by atoms with Crippen molar-refractivity contribution in [3.8, 4) is 0 Å². The van der Waals surface area contributed by atoms with Gasteiger partial charge < -0.3 is 19.6 Å². The van der Waals surface area contributed by atoms with Crippen molar-refractivity contribution >= 4 is 20.3 Å².